The van der Waals surface area contributed by atoms with Crippen LogP contribution in [0.15, 0.2) is 73.3 Å². The fourth-order valence-electron chi connectivity index (χ4n) is 1.80. The number of hydrogen-bond acceptors (Lipinski definition) is 2. The molecule has 0 amide bonds. The number of rotatable bonds is 0. The third-order valence-electron chi connectivity index (χ3n) is 2.93. The minimum atomic E-state index is 0.907. The molecule has 0 fully saturated rings. The van der Waals surface area contributed by atoms with E-state index in [4.69, 9.17) is 0 Å². The third kappa shape index (κ3) is 3.82. The molecule has 2 heteroatoms. The molecule has 0 N–H and O–H groups in total. The normalized spacial score (nSPS) is 9.09. The van der Waals surface area contributed by atoms with Gasteiger partial charge in [0.2, 0.25) is 0 Å². The zero-order valence-electron chi connectivity index (χ0n) is 11.8. The van der Waals surface area contributed by atoms with Crippen molar-refractivity contribution in [2.24, 2.45) is 0 Å². The van der Waals surface area contributed by atoms with Crippen molar-refractivity contribution >= 4 is 0 Å². The first-order chi connectivity index (χ1) is 10.9. The van der Waals surface area contributed by atoms with Crippen LogP contribution in [0.3, 0.4) is 0 Å². The Hall–Kier alpha value is -3.36. The lowest BCUT2D eigenvalue weighted by Crippen LogP contribution is -1.79. The van der Waals surface area contributed by atoms with Crippen molar-refractivity contribution in [2.75, 3.05) is 0 Å². The van der Waals surface area contributed by atoms with Crippen LogP contribution >= 0.6 is 0 Å². The topological polar surface area (TPSA) is 25.8 Å². The van der Waals surface area contributed by atoms with E-state index in [0.29, 0.717) is 0 Å². The summed E-state index contributed by atoms with van der Waals surface area (Å²) >= 11 is 0. The van der Waals surface area contributed by atoms with Gasteiger partial charge in [-0.05, 0) is 48.5 Å². The molecule has 0 unspecified atom stereocenters. The first-order valence-corrected chi connectivity index (χ1v) is 6.84. The van der Waals surface area contributed by atoms with E-state index >= 15 is 0 Å². The second-order valence-corrected chi connectivity index (χ2v) is 4.55. The second-order valence-electron chi connectivity index (χ2n) is 4.55. The number of hydrogen-bond donors (Lipinski definition) is 0. The standard InChI is InChI=1S/C20H12N2/c1-2-20(16-22-13-1)10-9-18-5-3-17(4-6-18)7-8-19-11-14-21-15-12-19/h1-6,11-16H. The van der Waals surface area contributed by atoms with E-state index in [-0.39, 0.29) is 0 Å². The summed E-state index contributed by atoms with van der Waals surface area (Å²) in [7, 11) is 0. The maximum atomic E-state index is 4.04. The van der Waals surface area contributed by atoms with Gasteiger partial charge in [0.25, 0.3) is 0 Å². The van der Waals surface area contributed by atoms with Gasteiger partial charge in [-0.2, -0.15) is 0 Å². The van der Waals surface area contributed by atoms with Crippen LogP contribution in [0.5, 0.6) is 0 Å². The molecule has 2 nitrogen and oxygen atoms in total. The molecule has 0 aliphatic carbocycles. The molecule has 0 radical (unpaired) electrons. The van der Waals surface area contributed by atoms with Crippen LogP contribution in [0.2, 0.25) is 0 Å². The van der Waals surface area contributed by atoms with Crippen molar-refractivity contribution in [3.05, 3.63) is 95.6 Å². The molecule has 3 aromatic rings. The zero-order valence-corrected chi connectivity index (χ0v) is 11.8. The van der Waals surface area contributed by atoms with Crippen LogP contribution in [0.4, 0.5) is 0 Å². The predicted octanol–water partition coefficient (Wildman–Crippen LogP) is 3.28. The van der Waals surface area contributed by atoms with Crippen LogP contribution in [0, 0.1) is 23.7 Å². The van der Waals surface area contributed by atoms with Gasteiger partial charge in [0.05, 0.1) is 0 Å². The van der Waals surface area contributed by atoms with E-state index in [2.05, 4.69) is 33.6 Å². The first-order valence-electron chi connectivity index (χ1n) is 6.84. The highest BCUT2D eigenvalue weighted by Gasteiger charge is 1.90. The van der Waals surface area contributed by atoms with Gasteiger partial charge in [-0.3, -0.25) is 9.97 Å². The molecule has 2 aromatic heterocycles. The van der Waals surface area contributed by atoms with E-state index < -0.39 is 0 Å². The molecule has 0 atom stereocenters. The summed E-state index contributed by atoms with van der Waals surface area (Å²) in [5.74, 6) is 12.4. The summed E-state index contributed by atoms with van der Waals surface area (Å²) in [4.78, 5) is 8.01. The fraction of sp³-hybridized carbons (Fsp3) is 0. The molecule has 3 rings (SSSR count). The Kier molecular flexibility index (Phi) is 4.26. The molecule has 0 bridgehead atoms. The highest BCUT2D eigenvalue weighted by Crippen LogP contribution is 2.03. The van der Waals surface area contributed by atoms with Gasteiger partial charge in [0.1, 0.15) is 0 Å². The van der Waals surface area contributed by atoms with E-state index in [1.807, 2.05) is 48.5 Å². The Balaban J connectivity index is 1.74. The Morgan fingerprint density at radius 1 is 0.500 bits per heavy atom. The van der Waals surface area contributed by atoms with E-state index in [0.717, 1.165) is 22.3 Å². The van der Waals surface area contributed by atoms with Crippen molar-refractivity contribution < 1.29 is 0 Å². The summed E-state index contributed by atoms with van der Waals surface area (Å²) < 4.78 is 0. The van der Waals surface area contributed by atoms with Crippen molar-refractivity contribution in [1.29, 1.82) is 0 Å². The zero-order chi connectivity index (χ0) is 15.0. The van der Waals surface area contributed by atoms with Crippen LogP contribution in [-0.2, 0) is 0 Å². The molecule has 0 spiro atoms. The largest absolute Gasteiger partial charge is 0.265 e. The third-order valence-corrected chi connectivity index (χ3v) is 2.93. The summed E-state index contributed by atoms with van der Waals surface area (Å²) in [5, 5.41) is 0. The monoisotopic (exact) mass is 280 g/mol. The molecular weight excluding hydrogens is 268 g/mol. The summed E-state index contributed by atoms with van der Waals surface area (Å²) in [6.07, 6.45) is 6.96. The summed E-state index contributed by atoms with van der Waals surface area (Å²) in [6, 6.07) is 15.5. The van der Waals surface area contributed by atoms with Crippen molar-refractivity contribution in [3.63, 3.8) is 0 Å². The molecule has 2 heterocycles. The lowest BCUT2D eigenvalue weighted by molar-refractivity contribution is 1.31. The predicted molar refractivity (Wildman–Crippen MR) is 86.9 cm³/mol. The molecule has 22 heavy (non-hydrogen) atoms. The molecular formula is C20H12N2. The van der Waals surface area contributed by atoms with Gasteiger partial charge < -0.3 is 0 Å². The van der Waals surface area contributed by atoms with E-state index in [9.17, 15) is 0 Å². The quantitative estimate of drug-likeness (QED) is 0.591. The highest BCUT2D eigenvalue weighted by molar-refractivity contribution is 5.47. The van der Waals surface area contributed by atoms with Gasteiger partial charge in [-0.1, -0.05) is 23.7 Å². The SMILES string of the molecule is C(#Cc1ccc(C#Cc2cccnc2)cc1)c1ccncc1. The number of aromatic nitrogens is 2. The minimum Gasteiger partial charge on any atom is -0.265 e. The lowest BCUT2D eigenvalue weighted by Gasteiger charge is -1.92. The second kappa shape index (κ2) is 6.88. The van der Waals surface area contributed by atoms with Crippen LogP contribution in [0.25, 0.3) is 0 Å². The van der Waals surface area contributed by atoms with Crippen molar-refractivity contribution in [1.82, 2.24) is 9.97 Å². The summed E-state index contributed by atoms with van der Waals surface area (Å²) in [5.41, 5.74) is 3.78. The molecule has 0 aliphatic heterocycles. The maximum absolute atomic E-state index is 4.04. The molecule has 1 aromatic carbocycles. The van der Waals surface area contributed by atoms with E-state index in [1.54, 1.807) is 24.8 Å². The van der Waals surface area contributed by atoms with Gasteiger partial charge in [0.15, 0.2) is 0 Å². The van der Waals surface area contributed by atoms with Gasteiger partial charge in [-0.15, -0.1) is 0 Å². The van der Waals surface area contributed by atoms with Gasteiger partial charge in [0, 0.05) is 47.0 Å². The minimum absolute atomic E-state index is 0.907. The smallest absolute Gasteiger partial charge is 0.0432 e. The fourth-order valence-corrected chi connectivity index (χ4v) is 1.80. The van der Waals surface area contributed by atoms with Crippen molar-refractivity contribution in [3.8, 4) is 23.7 Å². The van der Waals surface area contributed by atoms with Crippen molar-refractivity contribution in [2.45, 2.75) is 0 Å². The average molecular weight is 280 g/mol. The Labute approximate surface area is 129 Å². The molecule has 102 valence electrons. The Morgan fingerprint density at radius 3 is 1.59 bits per heavy atom. The van der Waals surface area contributed by atoms with Crippen LogP contribution in [0.1, 0.15) is 22.3 Å². The van der Waals surface area contributed by atoms with Crippen LogP contribution in [-0.4, -0.2) is 9.97 Å². The van der Waals surface area contributed by atoms with E-state index in [1.165, 1.54) is 0 Å². The Morgan fingerprint density at radius 2 is 1.05 bits per heavy atom. The number of nitrogens with zero attached hydrogens (tertiary/aromatic N) is 2. The molecule has 0 aliphatic rings. The Bertz CT molecular complexity index is 783. The number of pyridine rings is 2. The van der Waals surface area contributed by atoms with Gasteiger partial charge >= 0.3 is 0 Å². The number of benzene rings is 1. The highest BCUT2D eigenvalue weighted by atomic mass is 14.6. The van der Waals surface area contributed by atoms with Gasteiger partial charge in [-0.25, -0.2) is 0 Å². The molecule has 0 saturated heterocycles. The van der Waals surface area contributed by atoms with Crippen LogP contribution < -0.4 is 0 Å². The lowest BCUT2D eigenvalue weighted by atomic mass is 10.1. The molecule has 0 saturated carbocycles. The maximum Gasteiger partial charge on any atom is 0.0432 e. The average Bonchev–Trinajstić information content (AvgIpc) is 2.61. The first kappa shape index (κ1) is 13.6. The summed E-state index contributed by atoms with van der Waals surface area (Å²) in [6.45, 7) is 0.